The molecule has 11 heteroatoms. The maximum Gasteiger partial charge on any atom is 0.277 e. The number of benzene rings is 1. The molecule has 1 atom stereocenters. The van der Waals surface area contributed by atoms with Gasteiger partial charge < -0.3 is 21.7 Å². The van der Waals surface area contributed by atoms with E-state index >= 15 is 0 Å². The van der Waals surface area contributed by atoms with E-state index in [4.69, 9.17) is 11.5 Å². The van der Waals surface area contributed by atoms with Crippen LogP contribution in [-0.2, 0) is 0 Å². The molecule has 0 spiro atoms. The summed E-state index contributed by atoms with van der Waals surface area (Å²) >= 11 is 0.845. The molecule has 0 radical (unpaired) electrons. The molecule has 0 aliphatic carbocycles. The molecule has 3 heterocycles. The molecular formula is C18H19F2N7OS. The van der Waals surface area contributed by atoms with Crippen LogP contribution in [0, 0.1) is 11.6 Å². The van der Waals surface area contributed by atoms with E-state index in [9.17, 15) is 13.6 Å². The zero-order valence-electron chi connectivity index (χ0n) is 15.3. The number of hydrogen-bond donors (Lipinski definition) is 4. The van der Waals surface area contributed by atoms with Crippen molar-refractivity contribution in [3.05, 3.63) is 41.7 Å². The van der Waals surface area contributed by atoms with Crippen molar-refractivity contribution in [1.29, 1.82) is 0 Å². The molecule has 0 saturated carbocycles. The van der Waals surface area contributed by atoms with Gasteiger partial charge in [-0.15, -0.1) is 0 Å². The Morgan fingerprint density at radius 2 is 2.10 bits per heavy atom. The van der Waals surface area contributed by atoms with E-state index < -0.39 is 17.5 Å². The fraction of sp³-hybridized carbons (Fsp3) is 0.278. The highest BCUT2D eigenvalue weighted by Crippen LogP contribution is 2.34. The molecule has 2 aromatic heterocycles. The third kappa shape index (κ3) is 3.78. The number of amides is 1. The number of nitrogens with one attached hydrogen (secondary N) is 2. The molecule has 0 bridgehead atoms. The molecule has 1 fully saturated rings. The normalized spacial score (nSPS) is 16.8. The minimum Gasteiger partial charge on any atom is -0.389 e. The van der Waals surface area contributed by atoms with Crippen molar-refractivity contribution in [2.45, 2.75) is 18.9 Å². The van der Waals surface area contributed by atoms with Crippen LogP contribution in [0.2, 0.25) is 0 Å². The number of hydrogen-bond acceptors (Lipinski definition) is 7. The molecule has 1 amide bonds. The fourth-order valence-electron chi connectivity index (χ4n) is 3.31. The number of carbonyl (C=O) groups excluding carboxylic acids is 1. The fourth-order valence-corrected chi connectivity index (χ4v) is 4.19. The number of H-pyrrole nitrogens is 1. The van der Waals surface area contributed by atoms with Crippen LogP contribution < -0.4 is 21.7 Å². The van der Waals surface area contributed by atoms with E-state index in [1.165, 1.54) is 12.3 Å². The summed E-state index contributed by atoms with van der Waals surface area (Å²) < 4.78 is 28.1. The van der Waals surface area contributed by atoms with Gasteiger partial charge in [-0.2, -0.15) is 5.10 Å². The molecule has 152 valence electrons. The first kappa shape index (κ1) is 19.3. The second-order valence-corrected chi connectivity index (χ2v) is 7.79. The Hall–Kier alpha value is -3.05. The van der Waals surface area contributed by atoms with Crippen LogP contribution in [-0.4, -0.2) is 40.2 Å². The zero-order valence-corrected chi connectivity index (χ0v) is 16.1. The lowest BCUT2D eigenvalue weighted by atomic mass is 10.1. The standard InChI is InChI=1S/C18H19F2N7OS/c19-10-4-1-5-11(20)13(10)18-25-14(15(22)29-18)17(28)24-12-7-23-26-16(12)27-6-2-3-9(21)8-27/h1,4-5,7,9H,2-3,6,8,21-22H2,(H,23,26)(H,24,28). The second kappa shape index (κ2) is 7.76. The van der Waals surface area contributed by atoms with Gasteiger partial charge in [0.2, 0.25) is 0 Å². The number of nitrogen functional groups attached to an aromatic ring is 1. The smallest absolute Gasteiger partial charge is 0.277 e. The summed E-state index contributed by atoms with van der Waals surface area (Å²) in [6.45, 7) is 1.43. The van der Waals surface area contributed by atoms with Crippen molar-refractivity contribution < 1.29 is 13.6 Å². The summed E-state index contributed by atoms with van der Waals surface area (Å²) in [7, 11) is 0. The van der Waals surface area contributed by atoms with Gasteiger partial charge in [0.15, 0.2) is 5.69 Å². The van der Waals surface area contributed by atoms with Crippen LogP contribution in [0.4, 0.5) is 25.3 Å². The van der Waals surface area contributed by atoms with E-state index in [0.717, 1.165) is 42.9 Å². The average molecular weight is 419 g/mol. The molecule has 1 unspecified atom stereocenters. The highest BCUT2D eigenvalue weighted by molar-refractivity contribution is 7.19. The van der Waals surface area contributed by atoms with E-state index in [1.807, 2.05) is 4.90 Å². The predicted molar refractivity (Wildman–Crippen MR) is 108 cm³/mol. The van der Waals surface area contributed by atoms with E-state index in [1.54, 1.807) is 0 Å². The largest absolute Gasteiger partial charge is 0.389 e. The highest BCUT2D eigenvalue weighted by atomic mass is 32.1. The van der Waals surface area contributed by atoms with Crippen molar-refractivity contribution in [1.82, 2.24) is 15.2 Å². The molecule has 1 saturated heterocycles. The predicted octanol–water partition coefficient (Wildman–Crippen LogP) is 2.57. The average Bonchev–Trinajstić information content (AvgIpc) is 3.28. The summed E-state index contributed by atoms with van der Waals surface area (Å²) in [6.07, 6.45) is 3.36. The Morgan fingerprint density at radius 3 is 2.83 bits per heavy atom. The van der Waals surface area contributed by atoms with Crippen molar-refractivity contribution >= 4 is 33.8 Å². The summed E-state index contributed by atoms with van der Waals surface area (Å²) in [5.74, 6) is -1.50. The number of nitrogens with zero attached hydrogens (tertiary/aromatic N) is 3. The SMILES string of the molecule is Nc1sc(-c2c(F)cccc2F)nc1C(=O)Nc1cn[nH]c1N1CCCC(N)C1. The number of thiazole rings is 1. The van der Waals surface area contributed by atoms with Gasteiger partial charge in [-0.25, -0.2) is 13.8 Å². The maximum atomic E-state index is 14.0. The van der Waals surface area contributed by atoms with Crippen LogP contribution >= 0.6 is 11.3 Å². The van der Waals surface area contributed by atoms with Crippen molar-refractivity contribution in [2.75, 3.05) is 29.0 Å². The molecule has 1 aliphatic heterocycles. The van der Waals surface area contributed by atoms with Crippen molar-refractivity contribution in [3.63, 3.8) is 0 Å². The lowest BCUT2D eigenvalue weighted by molar-refractivity contribution is 0.102. The molecule has 6 N–H and O–H groups in total. The summed E-state index contributed by atoms with van der Waals surface area (Å²) in [6, 6.07) is 3.54. The van der Waals surface area contributed by atoms with E-state index in [-0.39, 0.29) is 27.3 Å². The molecule has 1 aliphatic rings. The van der Waals surface area contributed by atoms with E-state index in [2.05, 4.69) is 20.5 Å². The molecule has 3 aromatic rings. The Morgan fingerprint density at radius 1 is 1.34 bits per heavy atom. The zero-order chi connectivity index (χ0) is 20.5. The van der Waals surface area contributed by atoms with Gasteiger partial charge >= 0.3 is 0 Å². The number of aromatic nitrogens is 3. The summed E-state index contributed by atoms with van der Waals surface area (Å²) in [5.41, 5.74) is 12.0. The number of piperidine rings is 1. The Balaban J connectivity index is 1.58. The lowest BCUT2D eigenvalue weighted by Gasteiger charge is -2.31. The molecule has 4 rings (SSSR count). The van der Waals surface area contributed by atoms with Gasteiger partial charge in [-0.1, -0.05) is 17.4 Å². The Kier molecular flexibility index (Phi) is 5.16. The minimum absolute atomic E-state index is 0.00216. The van der Waals surface area contributed by atoms with Crippen LogP contribution in [0.1, 0.15) is 23.3 Å². The van der Waals surface area contributed by atoms with Crippen LogP contribution in [0.3, 0.4) is 0 Å². The molecular weight excluding hydrogens is 400 g/mol. The monoisotopic (exact) mass is 419 g/mol. The number of aromatic amines is 1. The lowest BCUT2D eigenvalue weighted by Crippen LogP contribution is -2.43. The van der Waals surface area contributed by atoms with Crippen molar-refractivity contribution in [3.8, 4) is 10.6 Å². The molecule has 1 aromatic carbocycles. The number of anilines is 3. The Bertz CT molecular complexity index is 1030. The first-order valence-corrected chi connectivity index (χ1v) is 9.81. The summed E-state index contributed by atoms with van der Waals surface area (Å²) in [5, 5.41) is 9.64. The highest BCUT2D eigenvalue weighted by Gasteiger charge is 2.25. The number of carbonyl (C=O) groups is 1. The third-order valence-corrected chi connectivity index (χ3v) is 5.59. The van der Waals surface area contributed by atoms with Gasteiger partial charge in [0.1, 0.15) is 33.1 Å². The Labute approximate surface area is 168 Å². The van der Waals surface area contributed by atoms with Gasteiger partial charge in [0, 0.05) is 19.1 Å². The van der Waals surface area contributed by atoms with Crippen molar-refractivity contribution in [2.24, 2.45) is 5.73 Å². The van der Waals surface area contributed by atoms with Gasteiger partial charge in [0.25, 0.3) is 5.91 Å². The molecule has 29 heavy (non-hydrogen) atoms. The van der Waals surface area contributed by atoms with Crippen LogP contribution in [0.25, 0.3) is 10.6 Å². The second-order valence-electron chi connectivity index (χ2n) is 6.76. The maximum absolute atomic E-state index is 14.0. The topological polar surface area (TPSA) is 126 Å². The van der Waals surface area contributed by atoms with Gasteiger partial charge in [-0.05, 0) is 25.0 Å². The van der Waals surface area contributed by atoms with E-state index in [0.29, 0.717) is 18.1 Å². The minimum atomic E-state index is -0.774. The summed E-state index contributed by atoms with van der Waals surface area (Å²) in [4.78, 5) is 18.8. The molecule has 8 nitrogen and oxygen atoms in total. The van der Waals surface area contributed by atoms with Crippen LogP contribution in [0.15, 0.2) is 24.4 Å². The number of halogens is 2. The quantitative estimate of drug-likeness (QED) is 0.515. The third-order valence-electron chi connectivity index (χ3n) is 4.69. The number of rotatable bonds is 4. The van der Waals surface area contributed by atoms with Gasteiger partial charge in [0.05, 0.1) is 11.8 Å². The van der Waals surface area contributed by atoms with Gasteiger partial charge in [-0.3, -0.25) is 9.89 Å². The number of nitrogens with two attached hydrogens (primary N) is 2. The first-order valence-electron chi connectivity index (χ1n) is 9.00. The van der Waals surface area contributed by atoms with Crippen LogP contribution in [0.5, 0.6) is 0 Å². The first-order chi connectivity index (χ1) is 13.9.